The standard InChI is InChI=1S/C18H15Cl2N3O2/c1-12(25-16-9-5-8-15(19)17(16)20)18(24)22-13-10-21-23(11-13)14-6-3-2-4-7-14/h2-12H,1H3,(H,22,24). The van der Waals surface area contributed by atoms with Crippen LogP contribution in [0.5, 0.6) is 5.75 Å². The minimum Gasteiger partial charge on any atom is -0.479 e. The van der Waals surface area contributed by atoms with E-state index in [9.17, 15) is 4.79 Å². The van der Waals surface area contributed by atoms with E-state index in [1.165, 1.54) is 0 Å². The van der Waals surface area contributed by atoms with Crippen LogP contribution in [0.4, 0.5) is 5.69 Å². The fourth-order valence-corrected chi connectivity index (χ4v) is 2.51. The Morgan fingerprint density at radius 2 is 1.92 bits per heavy atom. The van der Waals surface area contributed by atoms with Crippen LogP contribution in [0.2, 0.25) is 10.0 Å². The minimum atomic E-state index is -0.754. The molecule has 0 radical (unpaired) electrons. The van der Waals surface area contributed by atoms with E-state index in [4.69, 9.17) is 27.9 Å². The van der Waals surface area contributed by atoms with Gasteiger partial charge in [-0.2, -0.15) is 5.10 Å². The third-order valence-electron chi connectivity index (χ3n) is 3.46. The molecule has 0 bridgehead atoms. The Hall–Kier alpha value is -2.50. The summed E-state index contributed by atoms with van der Waals surface area (Å²) in [6, 6.07) is 14.6. The van der Waals surface area contributed by atoms with Crippen LogP contribution < -0.4 is 10.1 Å². The van der Waals surface area contributed by atoms with Crippen LogP contribution in [0.1, 0.15) is 6.92 Å². The molecule has 3 aromatic rings. The van der Waals surface area contributed by atoms with Gasteiger partial charge in [-0.1, -0.05) is 47.5 Å². The van der Waals surface area contributed by atoms with Crippen molar-refractivity contribution in [2.75, 3.05) is 5.32 Å². The molecule has 0 aliphatic heterocycles. The molecule has 2 aromatic carbocycles. The summed E-state index contributed by atoms with van der Waals surface area (Å²) in [6.45, 7) is 1.63. The van der Waals surface area contributed by atoms with E-state index < -0.39 is 6.10 Å². The van der Waals surface area contributed by atoms with Gasteiger partial charge in [-0.25, -0.2) is 4.68 Å². The van der Waals surface area contributed by atoms with Crippen LogP contribution in [0.15, 0.2) is 60.9 Å². The van der Waals surface area contributed by atoms with Gasteiger partial charge in [0.2, 0.25) is 0 Å². The summed E-state index contributed by atoms with van der Waals surface area (Å²) >= 11 is 12.0. The maximum atomic E-state index is 12.3. The van der Waals surface area contributed by atoms with Gasteiger partial charge in [0.05, 0.1) is 28.8 Å². The zero-order valence-electron chi connectivity index (χ0n) is 13.3. The highest BCUT2D eigenvalue weighted by Crippen LogP contribution is 2.32. The normalized spacial score (nSPS) is 11.8. The molecule has 1 N–H and O–H groups in total. The zero-order chi connectivity index (χ0) is 17.8. The highest BCUT2D eigenvalue weighted by molar-refractivity contribution is 6.42. The van der Waals surface area contributed by atoms with Crippen LogP contribution in [-0.4, -0.2) is 21.8 Å². The summed E-state index contributed by atoms with van der Waals surface area (Å²) in [6.07, 6.45) is 2.55. The number of rotatable bonds is 5. The number of ether oxygens (including phenoxy) is 1. The number of nitrogens with zero attached hydrogens (tertiary/aromatic N) is 2. The van der Waals surface area contributed by atoms with Crippen molar-refractivity contribution >= 4 is 34.8 Å². The van der Waals surface area contributed by atoms with Crippen LogP contribution in [0, 0.1) is 0 Å². The van der Waals surface area contributed by atoms with Gasteiger partial charge in [0, 0.05) is 0 Å². The van der Waals surface area contributed by atoms with Gasteiger partial charge < -0.3 is 10.1 Å². The summed E-state index contributed by atoms with van der Waals surface area (Å²) in [4.78, 5) is 12.3. The lowest BCUT2D eigenvalue weighted by Gasteiger charge is -2.15. The lowest BCUT2D eigenvalue weighted by molar-refractivity contribution is -0.122. The summed E-state index contributed by atoms with van der Waals surface area (Å²) in [7, 11) is 0. The van der Waals surface area contributed by atoms with Gasteiger partial charge in [-0.15, -0.1) is 0 Å². The summed E-state index contributed by atoms with van der Waals surface area (Å²) in [5.74, 6) is 0.0421. The fourth-order valence-electron chi connectivity index (χ4n) is 2.17. The van der Waals surface area contributed by atoms with Crippen molar-refractivity contribution in [3.63, 3.8) is 0 Å². The Labute approximate surface area is 155 Å². The Morgan fingerprint density at radius 1 is 1.16 bits per heavy atom. The molecule has 1 aromatic heterocycles. The summed E-state index contributed by atoms with van der Waals surface area (Å²) < 4.78 is 7.27. The molecule has 3 rings (SSSR count). The predicted molar refractivity (Wildman–Crippen MR) is 98.7 cm³/mol. The first-order valence-electron chi connectivity index (χ1n) is 7.56. The first-order valence-corrected chi connectivity index (χ1v) is 8.32. The van der Waals surface area contributed by atoms with E-state index in [0.29, 0.717) is 16.5 Å². The van der Waals surface area contributed by atoms with Crippen molar-refractivity contribution in [1.29, 1.82) is 0 Å². The number of hydrogen-bond donors (Lipinski definition) is 1. The molecule has 128 valence electrons. The number of carbonyl (C=O) groups excluding carboxylic acids is 1. The Morgan fingerprint density at radius 3 is 2.68 bits per heavy atom. The second kappa shape index (κ2) is 7.59. The number of anilines is 1. The third kappa shape index (κ3) is 4.13. The molecule has 0 aliphatic rings. The Bertz CT molecular complexity index is 881. The second-order valence-electron chi connectivity index (χ2n) is 5.31. The van der Waals surface area contributed by atoms with Crippen LogP contribution in [-0.2, 0) is 4.79 Å². The van der Waals surface area contributed by atoms with Gasteiger partial charge in [-0.05, 0) is 31.2 Å². The van der Waals surface area contributed by atoms with Gasteiger partial charge in [0.1, 0.15) is 10.8 Å². The average Bonchev–Trinajstić information content (AvgIpc) is 3.08. The molecule has 0 saturated heterocycles. The number of carbonyl (C=O) groups is 1. The number of nitrogens with one attached hydrogen (secondary N) is 1. The molecule has 1 amide bonds. The molecular formula is C18H15Cl2N3O2. The molecule has 1 atom stereocenters. The molecule has 0 aliphatic carbocycles. The van der Waals surface area contributed by atoms with Crippen molar-refractivity contribution in [1.82, 2.24) is 9.78 Å². The monoisotopic (exact) mass is 375 g/mol. The van der Waals surface area contributed by atoms with Crippen molar-refractivity contribution in [2.45, 2.75) is 13.0 Å². The number of amides is 1. The molecule has 0 fully saturated rings. The first kappa shape index (κ1) is 17.3. The van der Waals surface area contributed by atoms with Crippen LogP contribution >= 0.6 is 23.2 Å². The van der Waals surface area contributed by atoms with E-state index in [0.717, 1.165) is 5.69 Å². The van der Waals surface area contributed by atoms with Gasteiger partial charge in [0.25, 0.3) is 5.91 Å². The number of benzene rings is 2. The van der Waals surface area contributed by atoms with Gasteiger partial charge in [0.15, 0.2) is 6.10 Å². The van der Waals surface area contributed by atoms with E-state index in [1.54, 1.807) is 42.2 Å². The lowest BCUT2D eigenvalue weighted by Crippen LogP contribution is -2.30. The highest BCUT2D eigenvalue weighted by atomic mass is 35.5. The van der Waals surface area contributed by atoms with Crippen molar-refractivity contribution in [3.05, 3.63) is 71.0 Å². The topological polar surface area (TPSA) is 56.1 Å². The molecule has 7 heteroatoms. The maximum absolute atomic E-state index is 12.3. The van der Waals surface area contributed by atoms with Crippen molar-refractivity contribution in [2.24, 2.45) is 0 Å². The zero-order valence-corrected chi connectivity index (χ0v) is 14.8. The Kier molecular flexibility index (Phi) is 5.26. The van der Waals surface area contributed by atoms with Crippen LogP contribution in [0.3, 0.4) is 0 Å². The minimum absolute atomic E-state index is 0.278. The smallest absolute Gasteiger partial charge is 0.265 e. The molecule has 5 nitrogen and oxygen atoms in total. The number of para-hydroxylation sites is 1. The third-order valence-corrected chi connectivity index (χ3v) is 4.26. The Balaban J connectivity index is 1.66. The van der Waals surface area contributed by atoms with E-state index >= 15 is 0 Å². The maximum Gasteiger partial charge on any atom is 0.265 e. The predicted octanol–water partition coefficient (Wildman–Crippen LogP) is 4.59. The SMILES string of the molecule is CC(Oc1cccc(Cl)c1Cl)C(=O)Nc1cnn(-c2ccccc2)c1. The van der Waals surface area contributed by atoms with E-state index in [2.05, 4.69) is 10.4 Å². The number of hydrogen-bond acceptors (Lipinski definition) is 3. The van der Waals surface area contributed by atoms with Crippen LogP contribution in [0.25, 0.3) is 5.69 Å². The fraction of sp³-hybridized carbons (Fsp3) is 0.111. The van der Waals surface area contributed by atoms with E-state index in [-0.39, 0.29) is 10.9 Å². The number of halogens is 2. The van der Waals surface area contributed by atoms with E-state index in [1.807, 2.05) is 30.3 Å². The number of aromatic nitrogens is 2. The molecular weight excluding hydrogens is 361 g/mol. The quantitative estimate of drug-likeness (QED) is 0.709. The van der Waals surface area contributed by atoms with Crippen molar-refractivity contribution < 1.29 is 9.53 Å². The highest BCUT2D eigenvalue weighted by Gasteiger charge is 2.18. The molecule has 1 heterocycles. The summed E-state index contributed by atoms with van der Waals surface area (Å²) in [5, 5.41) is 7.64. The van der Waals surface area contributed by atoms with Gasteiger partial charge in [-0.3, -0.25) is 4.79 Å². The first-order chi connectivity index (χ1) is 12.0. The largest absolute Gasteiger partial charge is 0.479 e. The lowest BCUT2D eigenvalue weighted by atomic mass is 10.3. The van der Waals surface area contributed by atoms with Crippen molar-refractivity contribution in [3.8, 4) is 11.4 Å². The molecule has 0 saturated carbocycles. The second-order valence-corrected chi connectivity index (χ2v) is 6.10. The van der Waals surface area contributed by atoms with Gasteiger partial charge >= 0.3 is 0 Å². The average molecular weight is 376 g/mol. The molecule has 0 spiro atoms. The summed E-state index contributed by atoms with van der Waals surface area (Å²) in [5.41, 5.74) is 1.47. The molecule has 1 unspecified atom stereocenters. The molecule has 25 heavy (non-hydrogen) atoms.